The van der Waals surface area contributed by atoms with Gasteiger partial charge in [0.2, 0.25) is 0 Å². The van der Waals surface area contributed by atoms with E-state index in [1.54, 1.807) is 30.3 Å². The van der Waals surface area contributed by atoms with E-state index in [4.69, 9.17) is 0 Å². The van der Waals surface area contributed by atoms with Gasteiger partial charge in [0.15, 0.2) is 0 Å². The summed E-state index contributed by atoms with van der Waals surface area (Å²) < 4.78 is 13.2. The number of aromatic hydroxyl groups is 1. The molecule has 4 aromatic rings. The highest BCUT2D eigenvalue weighted by Crippen LogP contribution is 2.33. The topological polar surface area (TPSA) is 33.1 Å². The molecule has 0 radical (unpaired) electrons. The van der Waals surface area contributed by atoms with Gasteiger partial charge < -0.3 is 5.11 Å². The van der Waals surface area contributed by atoms with Crippen LogP contribution in [0, 0.1) is 5.82 Å². The molecule has 1 N–H and O–H groups in total. The van der Waals surface area contributed by atoms with Gasteiger partial charge in [-0.2, -0.15) is 0 Å². The van der Waals surface area contributed by atoms with Crippen molar-refractivity contribution in [2.45, 2.75) is 0 Å². The molecule has 0 aliphatic rings. The van der Waals surface area contributed by atoms with Gasteiger partial charge >= 0.3 is 0 Å². The van der Waals surface area contributed by atoms with Crippen molar-refractivity contribution in [2.75, 3.05) is 0 Å². The summed E-state index contributed by atoms with van der Waals surface area (Å²) in [5.74, 6) is -0.0660. The number of fused-ring (bicyclic) bond motifs is 1. The summed E-state index contributed by atoms with van der Waals surface area (Å²) in [6.07, 6.45) is 0. The monoisotopic (exact) mass is 315 g/mol. The van der Waals surface area contributed by atoms with Gasteiger partial charge in [0.25, 0.3) is 0 Å². The first-order valence-corrected chi connectivity index (χ1v) is 7.66. The first kappa shape index (κ1) is 14.4. The number of benzene rings is 3. The first-order valence-electron chi connectivity index (χ1n) is 7.66. The van der Waals surface area contributed by atoms with Crippen molar-refractivity contribution in [3.8, 4) is 28.1 Å². The maximum atomic E-state index is 13.2. The van der Waals surface area contributed by atoms with Crippen molar-refractivity contribution < 1.29 is 9.50 Å². The number of nitrogens with zero attached hydrogens (tertiary/aromatic N) is 1. The van der Waals surface area contributed by atoms with Crippen LogP contribution >= 0.6 is 0 Å². The highest BCUT2D eigenvalue weighted by Gasteiger charge is 2.10. The predicted octanol–water partition coefficient (Wildman–Crippen LogP) is 5.41. The number of halogens is 1. The number of aromatic nitrogens is 1. The van der Waals surface area contributed by atoms with Crippen molar-refractivity contribution >= 4 is 10.9 Å². The van der Waals surface area contributed by atoms with Crippen LogP contribution in [0.1, 0.15) is 0 Å². The average Bonchev–Trinajstić information content (AvgIpc) is 2.62. The summed E-state index contributed by atoms with van der Waals surface area (Å²) in [7, 11) is 0. The Hall–Kier alpha value is -3.20. The van der Waals surface area contributed by atoms with E-state index in [-0.39, 0.29) is 11.6 Å². The summed E-state index contributed by atoms with van der Waals surface area (Å²) in [5.41, 5.74) is 4.43. The Morgan fingerprint density at radius 2 is 1.50 bits per heavy atom. The van der Waals surface area contributed by atoms with E-state index in [9.17, 15) is 9.50 Å². The second-order valence-corrected chi connectivity index (χ2v) is 5.63. The number of rotatable bonds is 2. The Morgan fingerprint density at radius 3 is 2.25 bits per heavy atom. The molecule has 2 nitrogen and oxygen atoms in total. The van der Waals surface area contributed by atoms with Crippen molar-refractivity contribution in [1.29, 1.82) is 0 Å². The Morgan fingerprint density at radius 1 is 0.750 bits per heavy atom. The molecule has 0 atom stereocenters. The zero-order chi connectivity index (χ0) is 16.5. The second kappa shape index (κ2) is 5.78. The average molecular weight is 315 g/mol. The largest absolute Gasteiger partial charge is 0.508 e. The summed E-state index contributed by atoms with van der Waals surface area (Å²) in [5, 5.41) is 10.7. The Bertz CT molecular complexity index is 1010. The minimum absolute atomic E-state index is 0.205. The molecule has 0 bridgehead atoms. The Balaban J connectivity index is 2.00. The van der Waals surface area contributed by atoms with Gasteiger partial charge in [0, 0.05) is 10.9 Å². The molecule has 4 rings (SSSR count). The normalized spacial score (nSPS) is 10.9. The van der Waals surface area contributed by atoms with Crippen LogP contribution in [0.2, 0.25) is 0 Å². The third kappa shape index (κ3) is 2.61. The first-order chi connectivity index (χ1) is 11.7. The molecular formula is C21H14FNO. The maximum absolute atomic E-state index is 13.2. The predicted molar refractivity (Wildman–Crippen MR) is 94.2 cm³/mol. The fourth-order valence-electron chi connectivity index (χ4n) is 2.84. The lowest BCUT2D eigenvalue weighted by Crippen LogP contribution is -1.90. The third-order valence-corrected chi connectivity index (χ3v) is 4.02. The molecule has 3 heteroatoms. The van der Waals surface area contributed by atoms with Crippen LogP contribution in [0.15, 0.2) is 78.9 Å². The molecule has 1 aromatic heterocycles. The van der Waals surface area contributed by atoms with E-state index < -0.39 is 0 Å². The van der Waals surface area contributed by atoms with E-state index in [1.807, 2.05) is 36.4 Å². The smallest absolute Gasteiger partial charge is 0.123 e. The molecule has 0 unspecified atom stereocenters. The fourth-order valence-corrected chi connectivity index (χ4v) is 2.84. The standard InChI is InChI=1S/C21H14FNO/c22-16-8-6-15(7-9-16)21-13-18(14-4-2-1-3-5-14)19-12-17(24)10-11-20(19)23-21/h1-13,24H. The Kier molecular flexibility index (Phi) is 3.47. The summed E-state index contributed by atoms with van der Waals surface area (Å²) >= 11 is 0. The molecule has 3 aromatic carbocycles. The van der Waals surface area contributed by atoms with E-state index in [0.29, 0.717) is 0 Å². The summed E-state index contributed by atoms with van der Waals surface area (Å²) in [6.45, 7) is 0. The van der Waals surface area contributed by atoms with Gasteiger partial charge in [-0.15, -0.1) is 0 Å². The van der Waals surface area contributed by atoms with E-state index in [0.717, 1.165) is 33.3 Å². The van der Waals surface area contributed by atoms with Gasteiger partial charge in [-0.3, -0.25) is 0 Å². The van der Waals surface area contributed by atoms with Gasteiger partial charge in [0.1, 0.15) is 11.6 Å². The third-order valence-electron chi connectivity index (χ3n) is 4.02. The number of phenolic OH excluding ortho intramolecular Hbond substituents is 1. The van der Waals surface area contributed by atoms with Crippen LogP contribution in [0.3, 0.4) is 0 Å². The van der Waals surface area contributed by atoms with E-state index >= 15 is 0 Å². The van der Waals surface area contributed by atoms with Crippen molar-refractivity contribution in [3.05, 3.63) is 84.7 Å². The van der Waals surface area contributed by atoms with Crippen LogP contribution in [-0.4, -0.2) is 10.1 Å². The zero-order valence-corrected chi connectivity index (χ0v) is 12.8. The number of pyridine rings is 1. The minimum Gasteiger partial charge on any atom is -0.508 e. The number of phenols is 1. The van der Waals surface area contributed by atoms with Crippen LogP contribution < -0.4 is 0 Å². The molecule has 0 saturated heterocycles. The van der Waals surface area contributed by atoms with Gasteiger partial charge in [-0.25, -0.2) is 9.37 Å². The minimum atomic E-state index is -0.271. The molecule has 1 heterocycles. The van der Waals surface area contributed by atoms with Crippen molar-refractivity contribution in [3.63, 3.8) is 0 Å². The van der Waals surface area contributed by atoms with E-state index in [2.05, 4.69) is 4.98 Å². The van der Waals surface area contributed by atoms with Gasteiger partial charge in [0.05, 0.1) is 11.2 Å². The lowest BCUT2D eigenvalue weighted by Gasteiger charge is -2.11. The summed E-state index contributed by atoms with van der Waals surface area (Å²) in [4.78, 5) is 4.67. The number of hydrogen-bond donors (Lipinski definition) is 1. The van der Waals surface area contributed by atoms with Crippen molar-refractivity contribution in [2.24, 2.45) is 0 Å². The zero-order valence-electron chi connectivity index (χ0n) is 12.8. The number of hydrogen-bond acceptors (Lipinski definition) is 2. The molecule has 0 amide bonds. The van der Waals surface area contributed by atoms with Gasteiger partial charge in [-0.1, -0.05) is 30.3 Å². The molecule has 0 spiro atoms. The Labute approximate surface area is 138 Å². The van der Waals surface area contributed by atoms with Crippen LogP contribution in [-0.2, 0) is 0 Å². The lowest BCUT2D eigenvalue weighted by atomic mass is 9.98. The highest BCUT2D eigenvalue weighted by atomic mass is 19.1. The quantitative estimate of drug-likeness (QED) is 0.536. The van der Waals surface area contributed by atoms with Crippen molar-refractivity contribution in [1.82, 2.24) is 4.98 Å². The van der Waals surface area contributed by atoms with Crippen LogP contribution in [0.4, 0.5) is 4.39 Å². The lowest BCUT2D eigenvalue weighted by molar-refractivity contribution is 0.476. The molecule has 0 aliphatic carbocycles. The SMILES string of the molecule is Oc1ccc2nc(-c3ccc(F)cc3)cc(-c3ccccc3)c2c1. The fraction of sp³-hybridized carbons (Fsp3) is 0. The molecule has 0 fully saturated rings. The molecule has 116 valence electrons. The maximum Gasteiger partial charge on any atom is 0.123 e. The molecule has 24 heavy (non-hydrogen) atoms. The van der Waals surface area contributed by atoms with Crippen LogP contribution in [0.5, 0.6) is 5.75 Å². The second-order valence-electron chi connectivity index (χ2n) is 5.63. The van der Waals surface area contributed by atoms with Crippen LogP contribution in [0.25, 0.3) is 33.3 Å². The van der Waals surface area contributed by atoms with E-state index in [1.165, 1.54) is 12.1 Å². The molecular weight excluding hydrogens is 301 g/mol. The molecule has 0 aliphatic heterocycles. The highest BCUT2D eigenvalue weighted by molar-refractivity contribution is 5.97. The summed E-state index contributed by atoms with van der Waals surface area (Å²) in [6, 6.07) is 23.4. The van der Waals surface area contributed by atoms with Gasteiger partial charge in [-0.05, 0) is 59.7 Å². The molecule has 0 saturated carbocycles.